The molecule has 1 saturated heterocycles. The maximum absolute atomic E-state index is 12.1. The highest BCUT2D eigenvalue weighted by atomic mass is 16.2. The van der Waals surface area contributed by atoms with Crippen LogP contribution < -0.4 is 10.6 Å². The smallest absolute Gasteiger partial charge is 0.227 e. The Morgan fingerprint density at radius 3 is 2.64 bits per heavy atom. The van der Waals surface area contributed by atoms with Gasteiger partial charge in [-0.15, -0.1) is 0 Å². The van der Waals surface area contributed by atoms with Crippen molar-refractivity contribution in [2.75, 3.05) is 11.4 Å². The Bertz CT molecular complexity index is 1010. The van der Waals surface area contributed by atoms with E-state index >= 15 is 0 Å². The van der Waals surface area contributed by atoms with Gasteiger partial charge in [-0.05, 0) is 24.1 Å². The minimum Gasteiger partial charge on any atom is -0.369 e. The molecule has 0 unspecified atom stereocenters. The van der Waals surface area contributed by atoms with Crippen LogP contribution in [0.3, 0.4) is 0 Å². The van der Waals surface area contributed by atoms with Crippen molar-refractivity contribution in [3.05, 3.63) is 66.0 Å². The molecule has 4 rings (SSSR count). The molecule has 1 aliphatic rings. The molecule has 7 nitrogen and oxygen atoms in total. The van der Waals surface area contributed by atoms with E-state index in [0.29, 0.717) is 24.6 Å². The lowest BCUT2D eigenvalue weighted by Gasteiger charge is -2.16. The van der Waals surface area contributed by atoms with Crippen molar-refractivity contribution < 1.29 is 9.59 Å². The number of amides is 2. The lowest BCUT2D eigenvalue weighted by atomic mass is 10.1. The van der Waals surface area contributed by atoms with Crippen molar-refractivity contribution in [3.8, 4) is 11.4 Å². The van der Waals surface area contributed by atoms with Crippen molar-refractivity contribution in [2.45, 2.75) is 25.8 Å². The molecule has 0 aliphatic carbocycles. The second-order valence-electron chi connectivity index (χ2n) is 6.84. The van der Waals surface area contributed by atoms with Gasteiger partial charge in [0.25, 0.3) is 0 Å². The van der Waals surface area contributed by atoms with E-state index in [9.17, 15) is 9.59 Å². The van der Waals surface area contributed by atoms with Gasteiger partial charge in [-0.1, -0.05) is 42.5 Å². The number of anilines is 1. The Hall–Kier alpha value is -3.48. The molecule has 2 N–H and O–H groups in total. The molecule has 0 bridgehead atoms. The Labute approximate surface area is 162 Å². The van der Waals surface area contributed by atoms with Crippen LogP contribution in [0.15, 0.2) is 54.6 Å². The molecule has 0 saturated carbocycles. The summed E-state index contributed by atoms with van der Waals surface area (Å²) >= 11 is 0. The van der Waals surface area contributed by atoms with E-state index in [4.69, 9.17) is 5.73 Å². The third kappa shape index (κ3) is 3.78. The Balaban J connectivity index is 1.72. The number of hydrogen-bond donors (Lipinski definition) is 1. The average Bonchev–Trinajstić information content (AvgIpc) is 3.28. The van der Waals surface area contributed by atoms with Crippen LogP contribution in [0.25, 0.3) is 11.4 Å². The highest BCUT2D eigenvalue weighted by Gasteiger charge is 2.22. The van der Waals surface area contributed by atoms with Crippen LogP contribution in [0.1, 0.15) is 24.2 Å². The topological polar surface area (TPSA) is 94.1 Å². The number of rotatable bonds is 6. The van der Waals surface area contributed by atoms with Gasteiger partial charge >= 0.3 is 0 Å². The summed E-state index contributed by atoms with van der Waals surface area (Å²) in [6, 6.07) is 17.6. The number of nitrogens with two attached hydrogens (primary N) is 1. The van der Waals surface area contributed by atoms with Gasteiger partial charge in [0, 0.05) is 24.2 Å². The number of hydrogen-bond acceptors (Lipinski definition) is 4. The maximum Gasteiger partial charge on any atom is 0.227 e. The van der Waals surface area contributed by atoms with E-state index < -0.39 is 5.91 Å². The highest BCUT2D eigenvalue weighted by molar-refractivity contribution is 5.95. The molecule has 0 atom stereocenters. The summed E-state index contributed by atoms with van der Waals surface area (Å²) in [6.45, 7) is 1.25. The molecule has 0 spiro atoms. The summed E-state index contributed by atoms with van der Waals surface area (Å²) < 4.78 is 1.78. The molecule has 3 aromatic rings. The van der Waals surface area contributed by atoms with E-state index in [1.165, 1.54) is 0 Å². The molecule has 142 valence electrons. The summed E-state index contributed by atoms with van der Waals surface area (Å²) in [7, 11) is 0. The van der Waals surface area contributed by atoms with Crippen molar-refractivity contribution in [3.63, 3.8) is 0 Å². The van der Waals surface area contributed by atoms with Gasteiger partial charge in [0.05, 0.1) is 13.0 Å². The van der Waals surface area contributed by atoms with Crippen LogP contribution in [0, 0.1) is 0 Å². The minimum atomic E-state index is -0.472. The number of carbonyl (C=O) groups excluding carboxylic acids is 2. The van der Waals surface area contributed by atoms with Gasteiger partial charge in [0.1, 0.15) is 0 Å². The lowest BCUT2D eigenvalue weighted by Crippen LogP contribution is -2.23. The van der Waals surface area contributed by atoms with Crippen LogP contribution in [0.2, 0.25) is 0 Å². The first kappa shape index (κ1) is 17.9. The summed E-state index contributed by atoms with van der Waals surface area (Å²) in [4.78, 5) is 29.8. The Morgan fingerprint density at radius 1 is 1.11 bits per heavy atom. The zero-order valence-corrected chi connectivity index (χ0v) is 15.4. The molecule has 1 aromatic heterocycles. The fourth-order valence-corrected chi connectivity index (χ4v) is 3.43. The van der Waals surface area contributed by atoms with Gasteiger partial charge in [0.15, 0.2) is 11.6 Å². The fourth-order valence-electron chi connectivity index (χ4n) is 3.43. The predicted molar refractivity (Wildman–Crippen MR) is 105 cm³/mol. The van der Waals surface area contributed by atoms with Crippen LogP contribution >= 0.6 is 0 Å². The number of carbonyl (C=O) groups is 2. The average molecular weight is 375 g/mol. The van der Waals surface area contributed by atoms with Gasteiger partial charge in [0.2, 0.25) is 11.8 Å². The number of primary amides is 1. The van der Waals surface area contributed by atoms with E-state index in [2.05, 4.69) is 10.1 Å². The lowest BCUT2D eigenvalue weighted by molar-refractivity contribution is -0.118. The van der Waals surface area contributed by atoms with Crippen LogP contribution in [-0.4, -0.2) is 33.1 Å². The zero-order chi connectivity index (χ0) is 19.5. The second-order valence-corrected chi connectivity index (χ2v) is 6.84. The molecule has 2 heterocycles. The highest BCUT2D eigenvalue weighted by Crippen LogP contribution is 2.27. The van der Waals surface area contributed by atoms with E-state index in [1.807, 2.05) is 54.6 Å². The molecule has 2 aromatic carbocycles. The predicted octanol–water partition coefficient (Wildman–Crippen LogP) is 2.15. The third-order valence-corrected chi connectivity index (χ3v) is 4.71. The van der Waals surface area contributed by atoms with Crippen molar-refractivity contribution in [1.29, 1.82) is 0 Å². The van der Waals surface area contributed by atoms with Crippen molar-refractivity contribution >= 4 is 17.5 Å². The van der Waals surface area contributed by atoms with Crippen LogP contribution in [-0.2, 0) is 22.6 Å². The largest absolute Gasteiger partial charge is 0.369 e. The second kappa shape index (κ2) is 7.64. The Kier molecular flexibility index (Phi) is 4.89. The number of benzene rings is 2. The van der Waals surface area contributed by atoms with E-state index in [0.717, 1.165) is 29.8 Å². The SMILES string of the molecule is NC(=O)Cc1nc(-c2cccc(N3CCCC3=O)c2)n(Cc2ccccc2)n1. The summed E-state index contributed by atoms with van der Waals surface area (Å²) in [6.07, 6.45) is 1.44. The van der Waals surface area contributed by atoms with Crippen LogP contribution in [0.4, 0.5) is 5.69 Å². The minimum absolute atomic E-state index is 0.0148. The number of aromatic nitrogens is 3. The summed E-state index contributed by atoms with van der Waals surface area (Å²) in [5, 5.41) is 4.49. The molecular weight excluding hydrogens is 354 g/mol. The number of nitrogens with zero attached hydrogens (tertiary/aromatic N) is 4. The monoisotopic (exact) mass is 375 g/mol. The molecule has 28 heavy (non-hydrogen) atoms. The first-order chi connectivity index (χ1) is 13.6. The van der Waals surface area contributed by atoms with E-state index in [1.54, 1.807) is 9.58 Å². The van der Waals surface area contributed by atoms with Gasteiger partial charge < -0.3 is 10.6 Å². The van der Waals surface area contributed by atoms with Crippen molar-refractivity contribution in [1.82, 2.24) is 14.8 Å². The molecular formula is C21H21N5O2. The normalized spacial score (nSPS) is 13.9. The van der Waals surface area contributed by atoms with Crippen molar-refractivity contribution in [2.24, 2.45) is 5.73 Å². The fraction of sp³-hybridized carbons (Fsp3) is 0.238. The molecule has 1 aliphatic heterocycles. The quantitative estimate of drug-likeness (QED) is 0.714. The first-order valence-electron chi connectivity index (χ1n) is 9.27. The molecule has 1 fully saturated rings. The first-order valence-corrected chi connectivity index (χ1v) is 9.27. The van der Waals surface area contributed by atoms with Gasteiger partial charge in [-0.25, -0.2) is 9.67 Å². The molecule has 0 radical (unpaired) electrons. The maximum atomic E-state index is 12.1. The zero-order valence-electron chi connectivity index (χ0n) is 15.4. The van der Waals surface area contributed by atoms with Gasteiger partial charge in [-0.2, -0.15) is 5.10 Å². The summed E-state index contributed by atoms with van der Waals surface area (Å²) in [5.41, 5.74) is 8.10. The standard InChI is InChI=1S/C21H21N5O2/c22-18(27)13-19-23-21(26(24-19)14-15-6-2-1-3-7-15)16-8-4-9-17(12-16)25-11-5-10-20(25)28/h1-4,6-9,12H,5,10-11,13-14H2,(H2,22,27). The third-order valence-electron chi connectivity index (χ3n) is 4.71. The molecule has 7 heteroatoms. The van der Waals surface area contributed by atoms with E-state index in [-0.39, 0.29) is 12.3 Å². The molecule has 2 amide bonds. The van der Waals surface area contributed by atoms with Gasteiger partial charge in [-0.3, -0.25) is 9.59 Å². The van der Waals surface area contributed by atoms with Crippen LogP contribution in [0.5, 0.6) is 0 Å². The summed E-state index contributed by atoms with van der Waals surface area (Å²) in [5.74, 6) is 0.701. The Morgan fingerprint density at radius 2 is 1.93 bits per heavy atom.